The molecule has 6 rings (SSSR count). The summed E-state index contributed by atoms with van der Waals surface area (Å²) in [4.78, 5) is 55.9. The van der Waals surface area contributed by atoms with E-state index in [1.807, 2.05) is 32.6 Å². The van der Waals surface area contributed by atoms with Crippen molar-refractivity contribution < 1.29 is 53.8 Å². The molecule has 5 N–H and O–H groups in total. The van der Waals surface area contributed by atoms with Gasteiger partial charge in [-0.3, -0.25) is 24.1 Å². The molecule has 60 heavy (non-hydrogen) atoms. The minimum absolute atomic E-state index is 0.00591. The second-order valence-corrected chi connectivity index (χ2v) is 20.3. The minimum Gasteiger partial charge on any atom is -0.459 e. The number of fused-ring (bicyclic) bond motifs is 5. The highest BCUT2D eigenvalue weighted by Gasteiger charge is 2.68. The van der Waals surface area contributed by atoms with Crippen LogP contribution in [0.1, 0.15) is 145 Å². The fourth-order valence-corrected chi connectivity index (χ4v) is 12.5. The molecule has 340 valence electrons. The van der Waals surface area contributed by atoms with Gasteiger partial charge in [-0.1, -0.05) is 46.3 Å². The molecule has 0 radical (unpaired) electrons. The molecule has 0 aromatic rings. The number of carbonyl (C=O) groups is 4. The summed E-state index contributed by atoms with van der Waals surface area (Å²) in [5.41, 5.74) is -1.89. The fraction of sp³-hybridized carbons (Fsp3) is 0.872. The summed E-state index contributed by atoms with van der Waals surface area (Å²) in [7, 11) is 0. The van der Waals surface area contributed by atoms with Crippen molar-refractivity contribution in [3.8, 4) is 0 Å². The molecular weight excluding hydrogens is 769 g/mol. The smallest absolute Gasteiger partial charge is 0.309 e. The summed E-state index contributed by atoms with van der Waals surface area (Å²) in [6.07, 6.45) is 4.90. The van der Waals surface area contributed by atoms with Crippen molar-refractivity contribution >= 4 is 23.4 Å². The summed E-state index contributed by atoms with van der Waals surface area (Å²) in [5.74, 6) is -1.57. The van der Waals surface area contributed by atoms with E-state index < -0.39 is 71.7 Å². The number of cyclic esters (lactones) is 1. The topological polar surface area (TPSA) is 192 Å². The largest absolute Gasteiger partial charge is 0.459 e. The van der Waals surface area contributed by atoms with Crippen molar-refractivity contribution in [1.29, 1.82) is 0 Å². The van der Waals surface area contributed by atoms with Gasteiger partial charge in [0.1, 0.15) is 29.4 Å². The Bertz CT molecular complexity index is 1590. The number of carbonyl (C=O) groups excluding carboxylic acids is 4. The molecular formula is C47H76N2O11. The van der Waals surface area contributed by atoms with Crippen LogP contribution >= 0.6 is 0 Å². The SMILES string of the molecule is CC[C@H]1OC(=O)C(C)C[C@H](C)[C@@H](O[C@H]2CCC[C@@H](C)O2)[C@H](O)CCCN(CCCNC(=O)[C@@]2(O)CCC3C4CC=C5CC(=O)CC[C@]5(C)C4C(=O)C[C@@]32C)[C@H](C)[C@@H](O)[C@@H]1O. The Morgan fingerprint density at radius 2 is 1.75 bits per heavy atom. The quantitative estimate of drug-likeness (QED) is 0.128. The highest BCUT2D eigenvalue weighted by Crippen LogP contribution is 2.66. The standard InChI is InChI=1S/C47H76N2O11/c1-8-37-41(54)40(53)30(5)49(22-10-13-35(51)42(27(2)24-28(3)43(55)59-37)60-38-14-9-12-29(4)58-38)23-11-21-48-44(56)47(57)20-18-34-33-16-15-31-25-32(50)17-19-45(31,6)39(33)36(52)26-46(34,47)7/h15,27-30,33-35,37-42,51,53-54,57H,8-14,16-26H2,1-7H3,(H,48,56)/t27-,28?,29+,30+,33?,34?,35+,37+,38-,39?,40+,41+,42+,45-,46-,47-/m0/s1. The zero-order chi connectivity index (χ0) is 43.7. The van der Waals surface area contributed by atoms with Crippen molar-refractivity contribution in [1.82, 2.24) is 10.2 Å². The van der Waals surface area contributed by atoms with Gasteiger partial charge in [0.05, 0.1) is 30.3 Å². The normalized spacial score (nSPS) is 45.0. The van der Waals surface area contributed by atoms with E-state index in [-0.39, 0.29) is 66.1 Å². The number of Topliss-reactive ketones (excluding diaryl/α,β-unsaturated/α-hetero) is 2. The number of ether oxygens (including phenoxy) is 3. The van der Waals surface area contributed by atoms with Crippen LogP contribution in [-0.4, -0.2) is 123 Å². The van der Waals surface area contributed by atoms with Crippen molar-refractivity contribution in [2.75, 3.05) is 19.6 Å². The summed E-state index contributed by atoms with van der Waals surface area (Å²) < 4.78 is 18.4. The van der Waals surface area contributed by atoms with Gasteiger partial charge in [0.15, 0.2) is 6.29 Å². The van der Waals surface area contributed by atoms with Crippen molar-refractivity contribution in [2.45, 2.75) is 199 Å². The van der Waals surface area contributed by atoms with E-state index in [9.17, 15) is 39.6 Å². The van der Waals surface area contributed by atoms with Crippen LogP contribution in [0, 0.1) is 40.4 Å². The third kappa shape index (κ3) is 9.34. The van der Waals surface area contributed by atoms with Gasteiger partial charge in [-0.25, -0.2) is 0 Å². The van der Waals surface area contributed by atoms with Gasteiger partial charge in [-0.05, 0) is 121 Å². The van der Waals surface area contributed by atoms with E-state index in [1.165, 1.54) is 0 Å². The number of ketones is 2. The summed E-state index contributed by atoms with van der Waals surface area (Å²) in [6.45, 7) is 14.6. The average molecular weight is 845 g/mol. The maximum atomic E-state index is 14.1. The zero-order valence-electron chi connectivity index (χ0n) is 37.4. The lowest BCUT2D eigenvalue weighted by Crippen LogP contribution is -2.62. The van der Waals surface area contributed by atoms with Crippen molar-refractivity contribution in [3.63, 3.8) is 0 Å². The molecule has 6 aliphatic rings. The van der Waals surface area contributed by atoms with Crippen molar-refractivity contribution in [2.24, 2.45) is 40.4 Å². The Morgan fingerprint density at radius 3 is 2.47 bits per heavy atom. The van der Waals surface area contributed by atoms with Crippen molar-refractivity contribution in [3.05, 3.63) is 11.6 Å². The van der Waals surface area contributed by atoms with Crippen LogP contribution in [-0.2, 0) is 33.4 Å². The third-order valence-electron chi connectivity index (χ3n) is 16.3. The molecule has 4 unspecified atom stereocenters. The predicted octanol–water partition coefficient (Wildman–Crippen LogP) is 4.79. The number of allylic oxidation sites excluding steroid dienone is 2. The number of aliphatic hydroxyl groups is 4. The molecule has 0 bridgehead atoms. The van der Waals surface area contributed by atoms with E-state index in [0.717, 1.165) is 24.8 Å². The van der Waals surface area contributed by atoms with E-state index in [4.69, 9.17) is 14.2 Å². The van der Waals surface area contributed by atoms with Crippen LogP contribution < -0.4 is 5.32 Å². The van der Waals surface area contributed by atoms with Crippen LogP contribution in [0.2, 0.25) is 0 Å². The monoisotopic (exact) mass is 845 g/mol. The molecule has 0 aromatic carbocycles. The molecule has 0 spiro atoms. The molecule has 2 aliphatic heterocycles. The first-order valence-electron chi connectivity index (χ1n) is 23.4. The molecule has 3 saturated carbocycles. The number of hydrogen-bond acceptors (Lipinski definition) is 12. The molecule has 13 heteroatoms. The van der Waals surface area contributed by atoms with Crippen LogP contribution in [0.25, 0.3) is 0 Å². The third-order valence-corrected chi connectivity index (χ3v) is 16.3. The number of esters is 1. The van der Waals surface area contributed by atoms with Crippen LogP contribution in [0.5, 0.6) is 0 Å². The van der Waals surface area contributed by atoms with Gasteiger partial charge < -0.3 is 40.0 Å². The lowest BCUT2D eigenvalue weighted by atomic mass is 9.46. The lowest BCUT2D eigenvalue weighted by Gasteiger charge is -2.57. The first-order valence-corrected chi connectivity index (χ1v) is 23.4. The number of nitrogens with zero attached hydrogens (tertiary/aromatic N) is 1. The average Bonchev–Trinajstić information content (AvgIpc) is 3.48. The molecule has 1 amide bonds. The Balaban J connectivity index is 1.12. The van der Waals surface area contributed by atoms with E-state index in [2.05, 4.69) is 18.3 Å². The summed E-state index contributed by atoms with van der Waals surface area (Å²) in [5, 5.41) is 49.8. The van der Waals surface area contributed by atoms with Gasteiger partial charge >= 0.3 is 5.97 Å². The van der Waals surface area contributed by atoms with E-state index in [1.54, 1.807) is 13.8 Å². The Morgan fingerprint density at radius 1 is 1.00 bits per heavy atom. The number of rotatable bonds is 8. The first-order chi connectivity index (χ1) is 28.3. The van der Waals surface area contributed by atoms with Crippen LogP contribution in [0.15, 0.2) is 11.6 Å². The second-order valence-electron chi connectivity index (χ2n) is 20.3. The van der Waals surface area contributed by atoms with Gasteiger partial charge in [-0.2, -0.15) is 0 Å². The van der Waals surface area contributed by atoms with Crippen LogP contribution in [0.4, 0.5) is 0 Å². The maximum absolute atomic E-state index is 14.1. The molecule has 5 fully saturated rings. The molecule has 13 nitrogen and oxygen atoms in total. The Labute approximate surface area is 357 Å². The fourth-order valence-electron chi connectivity index (χ4n) is 12.5. The van der Waals surface area contributed by atoms with E-state index >= 15 is 0 Å². The molecule has 2 heterocycles. The number of nitrogens with one attached hydrogen (secondary N) is 1. The zero-order valence-corrected chi connectivity index (χ0v) is 37.4. The number of hydrogen-bond donors (Lipinski definition) is 5. The summed E-state index contributed by atoms with van der Waals surface area (Å²) >= 11 is 0. The highest BCUT2D eigenvalue weighted by atomic mass is 16.7. The molecule has 4 aliphatic carbocycles. The second kappa shape index (κ2) is 19.2. The predicted molar refractivity (Wildman–Crippen MR) is 224 cm³/mol. The molecule has 16 atom stereocenters. The number of amides is 1. The van der Waals surface area contributed by atoms with E-state index in [0.29, 0.717) is 77.3 Å². The minimum atomic E-state index is -1.71. The van der Waals surface area contributed by atoms with Gasteiger partial charge in [0.25, 0.3) is 5.91 Å². The summed E-state index contributed by atoms with van der Waals surface area (Å²) in [6, 6.07) is -0.569. The number of aliphatic hydroxyl groups excluding tert-OH is 3. The highest BCUT2D eigenvalue weighted by molar-refractivity contribution is 5.91. The maximum Gasteiger partial charge on any atom is 0.309 e. The Hall–Kier alpha value is -2.26. The van der Waals surface area contributed by atoms with Gasteiger partial charge in [-0.15, -0.1) is 0 Å². The molecule has 2 saturated heterocycles. The van der Waals surface area contributed by atoms with Crippen LogP contribution in [0.3, 0.4) is 0 Å². The van der Waals surface area contributed by atoms with Gasteiger partial charge in [0, 0.05) is 49.7 Å². The Kier molecular flexibility index (Phi) is 15.1. The lowest BCUT2D eigenvalue weighted by molar-refractivity contribution is -0.236. The van der Waals surface area contributed by atoms with Gasteiger partial charge in [0.2, 0.25) is 0 Å². The molecule has 0 aromatic heterocycles. The first kappa shape index (κ1) is 47.2.